The highest BCUT2D eigenvalue weighted by Gasteiger charge is 2.22. The van der Waals surface area contributed by atoms with Crippen molar-refractivity contribution in [1.29, 1.82) is 0 Å². The van der Waals surface area contributed by atoms with Gasteiger partial charge in [-0.05, 0) is 30.9 Å². The van der Waals surface area contributed by atoms with Gasteiger partial charge < -0.3 is 11.1 Å². The van der Waals surface area contributed by atoms with Crippen LogP contribution in [0, 0.1) is 5.41 Å². The maximum Gasteiger partial charge on any atom is 0.128 e. The van der Waals surface area contributed by atoms with E-state index in [0.29, 0.717) is 10.8 Å². The zero-order valence-electron chi connectivity index (χ0n) is 11.8. The number of halogens is 1. The first-order chi connectivity index (χ1) is 8.33. The van der Waals surface area contributed by atoms with Gasteiger partial charge in [-0.1, -0.05) is 39.3 Å². The van der Waals surface area contributed by atoms with Crippen LogP contribution < -0.4 is 11.1 Å². The lowest BCUT2D eigenvalue weighted by atomic mass is 9.85. The largest absolute Gasteiger partial charge is 0.383 e. The Morgan fingerprint density at radius 3 is 2.67 bits per heavy atom. The quantitative estimate of drug-likeness (QED) is 0.855. The highest BCUT2D eigenvalue weighted by Crippen LogP contribution is 2.32. The van der Waals surface area contributed by atoms with E-state index in [0.717, 1.165) is 24.9 Å². The Bertz CT molecular complexity index is 385. The second-order valence-electron chi connectivity index (χ2n) is 5.90. The molecule has 18 heavy (non-hydrogen) atoms. The van der Waals surface area contributed by atoms with Crippen LogP contribution in [0.3, 0.4) is 0 Å². The maximum atomic E-state index is 6.02. The Balaban J connectivity index is 2.97. The van der Waals surface area contributed by atoms with Crippen molar-refractivity contribution in [2.75, 3.05) is 12.3 Å². The molecule has 0 aromatic carbocycles. The van der Waals surface area contributed by atoms with Crippen LogP contribution in [0.25, 0.3) is 0 Å². The first-order valence-electron chi connectivity index (χ1n) is 6.48. The van der Waals surface area contributed by atoms with E-state index < -0.39 is 0 Å². The fourth-order valence-corrected chi connectivity index (χ4v) is 2.13. The fourth-order valence-electron chi connectivity index (χ4n) is 1.97. The molecular weight excluding hydrogens is 246 g/mol. The van der Waals surface area contributed by atoms with Crippen molar-refractivity contribution in [3.05, 3.63) is 22.8 Å². The number of aromatic nitrogens is 1. The van der Waals surface area contributed by atoms with E-state index in [4.69, 9.17) is 17.3 Å². The number of nitrogens with one attached hydrogen (secondary N) is 1. The number of hydrogen-bond acceptors (Lipinski definition) is 3. The molecule has 1 rings (SSSR count). The molecule has 0 spiro atoms. The third kappa shape index (κ3) is 4.83. The van der Waals surface area contributed by atoms with Gasteiger partial charge >= 0.3 is 0 Å². The number of rotatable bonds is 5. The number of nitrogens with zero attached hydrogens (tertiary/aromatic N) is 1. The zero-order valence-corrected chi connectivity index (χ0v) is 12.5. The van der Waals surface area contributed by atoms with Crippen molar-refractivity contribution in [2.24, 2.45) is 5.41 Å². The summed E-state index contributed by atoms with van der Waals surface area (Å²) < 4.78 is 0. The van der Waals surface area contributed by atoms with Gasteiger partial charge in [0, 0.05) is 17.8 Å². The van der Waals surface area contributed by atoms with Crippen LogP contribution in [0.1, 0.15) is 52.1 Å². The third-order valence-electron chi connectivity index (χ3n) is 2.75. The topological polar surface area (TPSA) is 50.9 Å². The van der Waals surface area contributed by atoms with Gasteiger partial charge in [-0.15, -0.1) is 0 Å². The summed E-state index contributed by atoms with van der Waals surface area (Å²) in [7, 11) is 0. The zero-order chi connectivity index (χ0) is 13.8. The predicted octanol–water partition coefficient (Wildman–Crippen LogP) is 3.79. The minimum atomic E-state index is 0.205. The van der Waals surface area contributed by atoms with Crippen LogP contribution in [0.4, 0.5) is 5.82 Å². The molecule has 0 aliphatic carbocycles. The second-order valence-corrected chi connectivity index (χ2v) is 6.34. The molecule has 1 aromatic heterocycles. The molecule has 3 N–H and O–H groups in total. The lowest BCUT2D eigenvalue weighted by Gasteiger charge is -2.28. The normalized spacial score (nSPS) is 13.6. The summed E-state index contributed by atoms with van der Waals surface area (Å²) in [6.07, 6.45) is 3.68. The van der Waals surface area contributed by atoms with E-state index in [2.05, 4.69) is 38.0 Å². The number of pyridine rings is 1. The molecule has 0 aliphatic heterocycles. The molecule has 1 aromatic rings. The highest BCUT2D eigenvalue weighted by atomic mass is 35.5. The van der Waals surface area contributed by atoms with Gasteiger partial charge in [0.05, 0.1) is 5.02 Å². The molecule has 1 unspecified atom stereocenters. The van der Waals surface area contributed by atoms with Crippen LogP contribution >= 0.6 is 11.6 Å². The standard InChI is InChI=1S/C14H24ClN3/c1-5-6-17-12(8-14(2,3)4)11-7-10(15)9-18-13(11)16/h7,9,12,17H,5-6,8H2,1-4H3,(H2,16,18). The fraction of sp³-hybridized carbons (Fsp3) is 0.643. The Hall–Kier alpha value is -0.800. The van der Waals surface area contributed by atoms with Crippen LogP contribution in [0.2, 0.25) is 5.02 Å². The van der Waals surface area contributed by atoms with Crippen molar-refractivity contribution in [2.45, 2.75) is 46.6 Å². The minimum Gasteiger partial charge on any atom is -0.383 e. The van der Waals surface area contributed by atoms with Gasteiger partial charge in [0.2, 0.25) is 0 Å². The molecule has 0 radical (unpaired) electrons. The molecular formula is C14H24ClN3. The van der Waals surface area contributed by atoms with Gasteiger partial charge in [-0.3, -0.25) is 0 Å². The van der Waals surface area contributed by atoms with Crippen molar-refractivity contribution < 1.29 is 0 Å². The summed E-state index contributed by atoms with van der Waals surface area (Å²) in [5, 5.41) is 4.17. The molecule has 0 bridgehead atoms. The second kappa shape index (κ2) is 6.39. The molecule has 0 aliphatic rings. The van der Waals surface area contributed by atoms with E-state index in [1.54, 1.807) is 6.20 Å². The molecule has 0 fully saturated rings. The first-order valence-corrected chi connectivity index (χ1v) is 6.85. The number of hydrogen-bond donors (Lipinski definition) is 2. The smallest absolute Gasteiger partial charge is 0.128 e. The van der Waals surface area contributed by atoms with Crippen LogP contribution in [0.5, 0.6) is 0 Å². The monoisotopic (exact) mass is 269 g/mol. The average Bonchev–Trinajstić information content (AvgIpc) is 2.26. The Kier molecular flexibility index (Phi) is 5.42. The Morgan fingerprint density at radius 2 is 2.11 bits per heavy atom. The molecule has 102 valence electrons. The molecule has 1 heterocycles. The van der Waals surface area contributed by atoms with Crippen molar-refractivity contribution >= 4 is 17.4 Å². The molecule has 0 amide bonds. The summed E-state index contributed by atoms with van der Waals surface area (Å²) in [6.45, 7) is 9.79. The van der Waals surface area contributed by atoms with Gasteiger partial charge in [0.15, 0.2) is 0 Å². The SMILES string of the molecule is CCCNC(CC(C)(C)C)c1cc(Cl)cnc1N. The minimum absolute atomic E-state index is 0.205. The van der Waals surface area contributed by atoms with E-state index in [1.165, 1.54) is 0 Å². The predicted molar refractivity (Wildman–Crippen MR) is 78.8 cm³/mol. The number of nitrogen functional groups attached to an aromatic ring is 1. The lowest BCUT2D eigenvalue weighted by Crippen LogP contribution is -2.27. The maximum absolute atomic E-state index is 6.02. The van der Waals surface area contributed by atoms with Crippen LogP contribution in [0.15, 0.2) is 12.3 Å². The van der Waals surface area contributed by atoms with Gasteiger partial charge in [-0.2, -0.15) is 0 Å². The van der Waals surface area contributed by atoms with Gasteiger partial charge in [0.25, 0.3) is 0 Å². The van der Waals surface area contributed by atoms with E-state index in [9.17, 15) is 0 Å². The van der Waals surface area contributed by atoms with Gasteiger partial charge in [-0.25, -0.2) is 4.98 Å². The van der Waals surface area contributed by atoms with Crippen LogP contribution in [-0.4, -0.2) is 11.5 Å². The third-order valence-corrected chi connectivity index (χ3v) is 2.96. The van der Waals surface area contributed by atoms with Crippen molar-refractivity contribution in [3.8, 4) is 0 Å². The molecule has 0 saturated carbocycles. The van der Waals surface area contributed by atoms with Gasteiger partial charge in [0.1, 0.15) is 5.82 Å². The molecule has 4 heteroatoms. The average molecular weight is 270 g/mol. The van der Waals surface area contributed by atoms with E-state index in [-0.39, 0.29) is 11.5 Å². The van der Waals surface area contributed by atoms with Crippen LogP contribution in [-0.2, 0) is 0 Å². The molecule has 1 atom stereocenters. The summed E-state index contributed by atoms with van der Waals surface area (Å²) in [6, 6.07) is 2.12. The summed E-state index contributed by atoms with van der Waals surface area (Å²) in [5.74, 6) is 0.567. The Morgan fingerprint density at radius 1 is 1.44 bits per heavy atom. The lowest BCUT2D eigenvalue weighted by molar-refractivity contribution is 0.312. The summed E-state index contributed by atoms with van der Waals surface area (Å²) >= 11 is 6.02. The molecule has 0 saturated heterocycles. The van der Waals surface area contributed by atoms with Crippen molar-refractivity contribution in [3.63, 3.8) is 0 Å². The highest BCUT2D eigenvalue weighted by molar-refractivity contribution is 6.30. The summed E-state index contributed by atoms with van der Waals surface area (Å²) in [5.41, 5.74) is 7.20. The van der Waals surface area contributed by atoms with E-state index >= 15 is 0 Å². The van der Waals surface area contributed by atoms with Crippen molar-refractivity contribution in [1.82, 2.24) is 10.3 Å². The Labute approximate surface area is 115 Å². The molecule has 3 nitrogen and oxygen atoms in total. The first kappa shape index (κ1) is 15.3. The van der Waals surface area contributed by atoms with E-state index in [1.807, 2.05) is 6.07 Å². The number of anilines is 1. The summed E-state index contributed by atoms with van der Waals surface area (Å²) in [4.78, 5) is 4.14. The number of nitrogens with two attached hydrogens (primary N) is 1.